The lowest BCUT2D eigenvalue weighted by atomic mass is 9.77. The van der Waals surface area contributed by atoms with Crippen LogP contribution in [0, 0.1) is 11.6 Å². The SMILES string of the molecule is CC1(Cc2cc(F)cc(F)c2)C(=O)N(c2ncccn2)c2ccc(-c3cccc(C(F)(F)F)c3)cc21. The average molecular weight is 495 g/mol. The molecular weight excluding hydrogens is 477 g/mol. The van der Waals surface area contributed by atoms with Crippen molar-refractivity contribution in [3.05, 3.63) is 107 Å². The average Bonchev–Trinajstić information content (AvgIpc) is 3.04. The van der Waals surface area contributed by atoms with E-state index >= 15 is 0 Å². The normalized spacial score (nSPS) is 17.4. The van der Waals surface area contributed by atoms with Gasteiger partial charge in [-0.25, -0.2) is 23.6 Å². The van der Waals surface area contributed by atoms with E-state index in [1.165, 1.54) is 23.4 Å². The smallest absolute Gasteiger partial charge is 0.273 e. The second-order valence-corrected chi connectivity index (χ2v) is 8.79. The molecule has 0 N–H and O–H groups in total. The van der Waals surface area contributed by atoms with Crippen LogP contribution in [0.4, 0.5) is 33.6 Å². The Balaban J connectivity index is 1.67. The molecule has 0 fully saturated rings. The van der Waals surface area contributed by atoms with E-state index in [1.807, 2.05) is 0 Å². The number of hydrogen-bond donors (Lipinski definition) is 0. The fourth-order valence-corrected chi connectivity index (χ4v) is 4.60. The van der Waals surface area contributed by atoms with Gasteiger partial charge < -0.3 is 0 Å². The zero-order valence-corrected chi connectivity index (χ0v) is 18.9. The van der Waals surface area contributed by atoms with E-state index < -0.39 is 34.7 Å². The molecule has 1 unspecified atom stereocenters. The summed E-state index contributed by atoms with van der Waals surface area (Å²) in [4.78, 5) is 23.5. The molecule has 0 spiro atoms. The number of carbonyl (C=O) groups is 1. The Morgan fingerprint density at radius 1 is 0.861 bits per heavy atom. The first-order chi connectivity index (χ1) is 17.1. The van der Waals surface area contributed by atoms with Crippen LogP contribution in [0.3, 0.4) is 0 Å². The number of fused-ring (bicyclic) bond motifs is 1. The van der Waals surface area contributed by atoms with Gasteiger partial charge in [0.2, 0.25) is 11.9 Å². The monoisotopic (exact) mass is 495 g/mol. The van der Waals surface area contributed by atoms with Crippen molar-refractivity contribution < 1.29 is 26.7 Å². The van der Waals surface area contributed by atoms with Crippen LogP contribution in [0.5, 0.6) is 0 Å². The van der Waals surface area contributed by atoms with Gasteiger partial charge in [0.1, 0.15) is 11.6 Å². The topological polar surface area (TPSA) is 46.1 Å². The number of benzene rings is 3. The fourth-order valence-electron chi connectivity index (χ4n) is 4.60. The minimum absolute atomic E-state index is 0.0527. The number of aromatic nitrogens is 2. The van der Waals surface area contributed by atoms with Crippen LogP contribution in [-0.4, -0.2) is 15.9 Å². The van der Waals surface area contributed by atoms with E-state index in [-0.39, 0.29) is 17.9 Å². The highest BCUT2D eigenvalue weighted by atomic mass is 19.4. The first kappa shape index (κ1) is 23.6. The minimum atomic E-state index is -4.51. The summed E-state index contributed by atoms with van der Waals surface area (Å²) < 4.78 is 67.8. The molecule has 4 nitrogen and oxygen atoms in total. The maximum atomic E-state index is 13.9. The Morgan fingerprint density at radius 2 is 1.53 bits per heavy atom. The molecule has 1 aliphatic heterocycles. The van der Waals surface area contributed by atoms with Crippen molar-refractivity contribution in [2.24, 2.45) is 0 Å². The number of halogens is 5. The quantitative estimate of drug-likeness (QED) is 0.299. The molecule has 3 aromatic carbocycles. The van der Waals surface area contributed by atoms with Crippen LogP contribution in [0.1, 0.15) is 23.6 Å². The highest BCUT2D eigenvalue weighted by Gasteiger charge is 2.49. The van der Waals surface area contributed by atoms with Crippen LogP contribution in [0.25, 0.3) is 11.1 Å². The van der Waals surface area contributed by atoms with Crippen molar-refractivity contribution in [2.75, 3.05) is 4.90 Å². The molecule has 0 saturated carbocycles. The second kappa shape index (κ2) is 8.51. The lowest BCUT2D eigenvalue weighted by molar-refractivity contribution is -0.137. The number of nitrogens with zero attached hydrogens (tertiary/aromatic N) is 3. The summed E-state index contributed by atoms with van der Waals surface area (Å²) in [5, 5.41) is 0. The van der Waals surface area contributed by atoms with Gasteiger partial charge in [0, 0.05) is 18.5 Å². The standard InChI is InChI=1S/C27H18F5N3O/c1-26(15-16-10-20(28)14-21(29)11-16)22-13-18(17-4-2-5-19(12-17)27(30,31)32)6-7-23(22)35(24(26)36)25-33-8-3-9-34-25/h2-14H,15H2,1H3. The number of hydrogen-bond acceptors (Lipinski definition) is 3. The molecule has 1 atom stereocenters. The molecule has 1 amide bonds. The molecular formula is C27H18F5N3O. The number of amides is 1. The Hall–Kier alpha value is -4.14. The van der Waals surface area contributed by atoms with Gasteiger partial charge in [0.05, 0.1) is 16.7 Å². The van der Waals surface area contributed by atoms with Crippen LogP contribution in [0.15, 0.2) is 79.1 Å². The molecule has 36 heavy (non-hydrogen) atoms. The molecule has 2 heterocycles. The molecule has 1 aromatic heterocycles. The Morgan fingerprint density at radius 3 is 2.19 bits per heavy atom. The first-order valence-corrected chi connectivity index (χ1v) is 10.9. The van der Waals surface area contributed by atoms with E-state index in [0.29, 0.717) is 22.4 Å². The third-order valence-electron chi connectivity index (χ3n) is 6.26. The predicted octanol–water partition coefficient (Wildman–Crippen LogP) is 6.62. The largest absolute Gasteiger partial charge is 0.416 e. The lowest BCUT2D eigenvalue weighted by Gasteiger charge is -2.24. The molecule has 9 heteroatoms. The van der Waals surface area contributed by atoms with Gasteiger partial charge in [0.15, 0.2) is 0 Å². The van der Waals surface area contributed by atoms with Crippen molar-refractivity contribution in [1.82, 2.24) is 9.97 Å². The van der Waals surface area contributed by atoms with Gasteiger partial charge in [0.25, 0.3) is 0 Å². The summed E-state index contributed by atoms with van der Waals surface area (Å²) in [6.07, 6.45) is -1.61. The number of anilines is 2. The van der Waals surface area contributed by atoms with E-state index in [2.05, 4.69) is 9.97 Å². The molecule has 5 rings (SSSR count). The second-order valence-electron chi connectivity index (χ2n) is 8.79. The highest BCUT2D eigenvalue weighted by Crippen LogP contribution is 2.48. The molecule has 0 bridgehead atoms. The number of rotatable bonds is 4. The van der Waals surface area contributed by atoms with Gasteiger partial charge in [-0.3, -0.25) is 4.79 Å². The third kappa shape index (κ3) is 4.10. The Kier molecular flexibility index (Phi) is 5.58. The minimum Gasteiger partial charge on any atom is -0.273 e. The predicted molar refractivity (Wildman–Crippen MR) is 123 cm³/mol. The van der Waals surface area contributed by atoms with Crippen LogP contribution in [0.2, 0.25) is 0 Å². The lowest BCUT2D eigenvalue weighted by Crippen LogP contribution is -2.38. The van der Waals surface area contributed by atoms with E-state index in [9.17, 15) is 26.7 Å². The molecule has 1 aliphatic rings. The summed E-state index contributed by atoms with van der Waals surface area (Å²) >= 11 is 0. The van der Waals surface area contributed by atoms with Gasteiger partial charge in [-0.05, 0) is 78.1 Å². The summed E-state index contributed by atoms with van der Waals surface area (Å²) in [5.74, 6) is -1.86. The molecule has 4 aromatic rings. The van der Waals surface area contributed by atoms with Gasteiger partial charge in [-0.2, -0.15) is 13.2 Å². The molecule has 0 saturated heterocycles. The van der Waals surface area contributed by atoms with Gasteiger partial charge in [-0.15, -0.1) is 0 Å². The van der Waals surface area contributed by atoms with Crippen LogP contribution in [-0.2, 0) is 22.8 Å². The van der Waals surface area contributed by atoms with Gasteiger partial charge in [-0.1, -0.05) is 18.2 Å². The molecule has 182 valence electrons. The fraction of sp³-hybridized carbons (Fsp3) is 0.148. The summed E-state index contributed by atoms with van der Waals surface area (Å²) in [7, 11) is 0. The molecule has 0 radical (unpaired) electrons. The van der Waals surface area contributed by atoms with Crippen molar-refractivity contribution in [2.45, 2.75) is 24.9 Å². The van der Waals surface area contributed by atoms with Crippen molar-refractivity contribution in [3.8, 4) is 11.1 Å². The summed E-state index contributed by atoms with van der Waals surface area (Å²) in [6, 6.07) is 14.4. The first-order valence-electron chi connectivity index (χ1n) is 10.9. The number of carbonyl (C=O) groups excluding carboxylic acids is 1. The molecule has 0 aliphatic carbocycles. The van der Waals surface area contributed by atoms with E-state index in [1.54, 1.807) is 37.3 Å². The highest BCUT2D eigenvalue weighted by molar-refractivity contribution is 6.12. The summed E-state index contributed by atoms with van der Waals surface area (Å²) in [5.41, 5.74) is -0.134. The van der Waals surface area contributed by atoms with E-state index in [0.717, 1.165) is 30.3 Å². The Labute approximate surface area is 203 Å². The third-order valence-corrected chi connectivity index (χ3v) is 6.26. The van der Waals surface area contributed by atoms with Gasteiger partial charge >= 0.3 is 6.18 Å². The van der Waals surface area contributed by atoms with E-state index in [4.69, 9.17) is 0 Å². The number of alkyl halides is 3. The maximum absolute atomic E-state index is 13.9. The van der Waals surface area contributed by atoms with Crippen LogP contribution >= 0.6 is 0 Å². The Bertz CT molecular complexity index is 1450. The summed E-state index contributed by atoms with van der Waals surface area (Å²) in [6.45, 7) is 1.63. The van der Waals surface area contributed by atoms with Crippen molar-refractivity contribution in [1.29, 1.82) is 0 Å². The maximum Gasteiger partial charge on any atom is 0.416 e. The van der Waals surface area contributed by atoms with Crippen molar-refractivity contribution >= 4 is 17.5 Å². The van der Waals surface area contributed by atoms with Crippen LogP contribution < -0.4 is 4.90 Å². The zero-order valence-electron chi connectivity index (χ0n) is 18.9. The zero-order chi connectivity index (χ0) is 25.7. The van der Waals surface area contributed by atoms with Crippen molar-refractivity contribution in [3.63, 3.8) is 0 Å².